The lowest BCUT2D eigenvalue weighted by Gasteiger charge is -2.34. The summed E-state index contributed by atoms with van der Waals surface area (Å²) in [6.07, 6.45) is 2.12. The molecule has 0 saturated carbocycles. The minimum Gasteiger partial charge on any atom is -0.497 e. The van der Waals surface area contributed by atoms with Gasteiger partial charge in [-0.1, -0.05) is 6.07 Å². The number of amides is 1. The number of hydrogen-bond acceptors (Lipinski definition) is 5. The van der Waals surface area contributed by atoms with Crippen LogP contribution in [0.2, 0.25) is 0 Å². The first-order chi connectivity index (χ1) is 11.7. The summed E-state index contributed by atoms with van der Waals surface area (Å²) in [6, 6.07) is 5.55. The largest absolute Gasteiger partial charge is 0.497 e. The summed E-state index contributed by atoms with van der Waals surface area (Å²) in [4.78, 5) is 14.5. The SMILES string of the molecule is COc1ccc(CC(=O)N2CCC(C3OCCO3)CC2)c(OC)c1. The molecule has 0 atom stereocenters. The van der Waals surface area contributed by atoms with Crippen molar-refractivity contribution in [1.29, 1.82) is 0 Å². The maximum Gasteiger partial charge on any atom is 0.227 e. The van der Waals surface area contributed by atoms with E-state index in [4.69, 9.17) is 18.9 Å². The van der Waals surface area contributed by atoms with Gasteiger partial charge in [0.1, 0.15) is 11.5 Å². The standard InChI is InChI=1S/C18H25NO5/c1-21-15-4-3-14(16(12-15)22-2)11-17(20)19-7-5-13(6-8-19)18-23-9-10-24-18/h3-4,12-13,18H,5-11H2,1-2H3. The molecule has 2 aliphatic heterocycles. The summed E-state index contributed by atoms with van der Waals surface area (Å²) in [5.41, 5.74) is 0.882. The van der Waals surface area contributed by atoms with E-state index in [1.54, 1.807) is 14.2 Å². The lowest BCUT2D eigenvalue weighted by Crippen LogP contribution is -2.42. The third-order valence-corrected chi connectivity index (χ3v) is 4.76. The first-order valence-corrected chi connectivity index (χ1v) is 8.43. The average Bonchev–Trinajstić information content (AvgIpc) is 3.16. The second-order valence-electron chi connectivity index (χ2n) is 6.18. The summed E-state index contributed by atoms with van der Waals surface area (Å²) in [7, 11) is 3.22. The quantitative estimate of drug-likeness (QED) is 0.822. The van der Waals surface area contributed by atoms with E-state index in [-0.39, 0.29) is 12.2 Å². The molecule has 132 valence electrons. The number of hydrogen-bond donors (Lipinski definition) is 0. The van der Waals surface area contributed by atoms with Gasteiger partial charge in [-0.15, -0.1) is 0 Å². The van der Waals surface area contributed by atoms with Gasteiger partial charge in [0.05, 0.1) is 33.9 Å². The molecule has 0 N–H and O–H groups in total. The van der Waals surface area contributed by atoms with Crippen molar-refractivity contribution in [3.63, 3.8) is 0 Å². The van der Waals surface area contributed by atoms with Gasteiger partial charge in [0.2, 0.25) is 5.91 Å². The summed E-state index contributed by atoms with van der Waals surface area (Å²) in [6.45, 7) is 2.87. The Hall–Kier alpha value is -1.79. The molecule has 0 spiro atoms. The van der Waals surface area contributed by atoms with Gasteiger partial charge in [-0.25, -0.2) is 0 Å². The van der Waals surface area contributed by atoms with E-state index in [2.05, 4.69) is 0 Å². The molecule has 0 unspecified atom stereocenters. The number of nitrogens with zero attached hydrogens (tertiary/aromatic N) is 1. The molecular weight excluding hydrogens is 310 g/mol. The highest BCUT2D eigenvalue weighted by atomic mass is 16.7. The second kappa shape index (κ2) is 7.85. The Kier molecular flexibility index (Phi) is 5.58. The van der Waals surface area contributed by atoms with Gasteiger partial charge in [0.15, 0.2) is 6.29 Å². The Labute approximate surface area is 142 Å². The van der Waals surface area contributed by atoms with Crippen molar-refractivity contribution in [1.82, 2.24) is 4.90 Å². The highest BCUT2D eigenvalue weighted by Gasteiger charge is 2.31. The lowest BCUT2D eigenvalue weighted by molar-refractivity contribution is -0.136. The minimum absolute atomic E-state index is 0.0797. The van der Waals surface area contributed by atoms with Crippen molar-refractivity contribution in [2.45, 2.75) is 25.6 Å². The fraction of sp³-hybridized carbons (Fsp3) is 0.611. The van der Waals surface area contributed by atoms with Crippen LogP contribution < -0.4 is 9.47 Å². The van der Waals surface area contributed by atoms with Crippen LogP contribution in [0, 0.1) is 5.92 Å². The van der Waals surface area contributed by atoms with Crippen LogP contribution in [0.5, 0.6) is 11.5 Å². The van der Waals surface area contributed by atoms with Crippen LogP contribution >= 0.6 is 0 Å². The molecule has 1 amide bonds. The van der Waals surface area contributed by atoms with E-state index in [9.17, 15) is 4.79 Å². The summed E-state index contributed by atoms with van der Waals surface area (Å²) < 4.78 is 21.7. The highest BCUT2D eigenvalue weighted by Crippen LogP contribution is 2.28. The summed E-state index contributed by atoms with van der Waals surface area (Å²) >= 11 is 0. The van der Waals surface area contributed by atoms with Gasteiger partial charge in [0, 0.05) is 30.6 Å². The van der Waals surface area contributed by atoms with E-state index < -0.39 is 0 Å². The molecule has 0 radical (unpaired) electrons. The Balaban J connectivity index is 1.56. The molecule has 1 aromatic carbocycles. The van der Waals surface area contributed by atoms with Crippen molar-refractivity contribution >= 4 is 5.91 Å². The van der Waals surface area contributed by atoms with Gasteiger partial charge >= 0.3 is 0 Å². The molecule has 2 aliphatic rings. The fourth-order valence-corrected chi connectivity index (χ4v) is 3.34. The Bertz CT molecular complexity index is 563. The van der Waals surface area contributed by atoms with Crippen LogP contribution in [0.4, 0.5) is 0 Å². The van der Waals surface area contributed by atoms with E-state index in [0.29, 0.717) is 31.3 Å². The first kappa shape index (κ1) is 17.0. The van der Waals surface area contributed by atoms with Crippen LogP contribution in [0.15, 0.2) is 18.2 Å². The van der Waals surface area contributed by atoms with Crippen LogP contribution in [-0.4, -0.2) is 57.6 Å². The van der Waals surface area contributed by atoms with E-state index in [1.807, 2.05) is 23.1 Å². The number of ether oxygens (including phenoxy) is 4. The van der Waals surface area contributed by atoms with Crippen molar-refractivity contribution in [2.75, 3.05) is 40.5 Å². The van der Waals surface area contributed by atoms with Crippen molar-refractivity contribution < 1.29 is 23.7 Å². The molecule has 1 aromatic rings. The third-order valence-electron chi connectivity index (χ3n) is 4.76. The van der Waals surface area contributed by atoms with Gasteiger partial charge in [0.25, 0.3) is 0 Å². The number of rotatable bonds is 5. The Morgan fingerprint density at radius 1 is 1.17 bits per heavy atom. The molecular formula is C18H25NO5. The van der Waals surface area contributed by atoms with Crippen molar-refractivity contribution in [3.8, 4) is 11.5 Å². The monoisotopic (exact) mass is 335 g/mol. The van der Waals surface area contributed by atoms with E-state index >= 15 is 0 Å². The normalized spacial score (nSPS) is 19.5. The smallest absolute Gasteiger partial charge is 0.227 e. The number of carbonyl (C=O) groups excluding carboxylic acids is 1. The van der Waals surface area contributed by atoms with Crippen LogP contribution in [0.1, 0.15) is 18.4 Å². The van der Waals surface area contributed by atoms with E-state index in [1.165, 1.54) is 0 Å². The van der Waals surface area contributed by atoms with Gasteiger partial charge in [-0.2, -0.15) is 0 Å². The highest BCUT2D eigenvalue weighted by molar-refractivity contribution is 5.79. The molecule has 0 aliphatic carbocycles. The predicted octanol–water partition coefficient (Wildman–Crippen LogP) is 1.86. The predicted molar refractivity (Wildman–Crippen MR) is 88.2 cm³/mol. The average molecular weight is 335 g/mol. The second-order valence-corrected chi connectivity index (χ2v) is 6.18. The number of piperidine rings is 1. The lowest BCUT2D eigenvalue weighted by atomic mass is 9.95. The molecule has 2 fully saturated rings. The molecule has 2 saturated heterocycles. The fourth-order valence-electron chi connectivity index (χ4n) is 3.34. The molecule has 6 heteroatoms. The van der Waals surface area contributed by atoms with Crippen molar-refractivity contribution in [2.24, 2.45) is 5.92 Å². The zero-order valence-corrected chi connectivity index (χ0v) is 14.3. The maximum absolute atomic E-state index is 12.6. The number of benzene rings is 1. The van der Waals surface area contributed by atoms with Crippen LogP contribution in [0.3, 0.4) is 0 Å². The number of carbonyl (C=O) groups is 1. The molecule has 24 heavy (non-hydrogen) atoms. The molecule has 6 nitrogen and oxygen atoms in total. The van der Waals surface area contributed by atoms with E-state index in [0.717, 1.165) is 37.2 Å². The zero-order chi connectivity index (χ0) is 16.9. The topological polar surface area (TPSA) is 57.2 Å². The molecule has 2 heterocycles. The van der Waals surface area contributed by atoms with Crippen molar-refractivity contribution in [3.05, 3.63) is 23.8 Å². The Morgan fingerprint density at radius 3 is 2.50 bits per heavy atom. The van der Waals surface area contributed by atoms with Gasteiger partial charge in [-0.3, -0.25) is 4.79 Å². The van der Waals surface area contributed by atoms with Gasteiger partial charge < -0.3 is 23.8 Å². The molecule has 3 rings (SSSR count). The zero-order valence-electron chi connectivity index (χ0n) is 14.3. The molecule has 0 bridgehead atoms. The minimum atomic E-state index is -0.0797. The summed E-state index contributed by atoms with van der Waals surface area (Å²) in [5, 5.41) is 0. The number of methoxy groups -OCH3 is 2. The first-order valence-electron chi connectivity index (χ1n) is 8.43. The third kappa shape index (κ3) is 3.82. The Morgan fingerprint density at radius 2 is 1.88 bits per heavy atom. The molecule has 0 aromatic heterocycles. The van der Waals surface area contributed by atoms with Crippen LogP contribution in [0.25, 0.3) is 0 Å². The summed E-state index contributed by atoms with van der Waals surface area (Å²) in [5.74, 6) is 1.93. The van der Waals surface area contributed by atoms with Crippen LogP contribution in [-0.2, 0) is 20.7 Å². The maximum atomic E-state index is 12.6. The van der Waals surface area contributed by atoms with Gasteiger partial charge in [-0.05, 0) is 18.9 Å². The number of likely N-dealkylation sites (tertiary alicyclic amines) is 1.